The number of hydrogen-bond acceptors (Lipinski definition) is 7. The van der Waals surface area contributed by atoms with E-state index >= 15 is 0 Å². The Morgan fingerprint density at radius 3 is 2.62 bits per heavy atom. The van der Waals surface area contributed by atoms with Crippen molar-refractivity contribution in [3.63, 3.8) is 0 Å². The molecule has 176 valence electrons. The number of morpholine rings is 1. The number of aldehydes is 1. The van der Waals surface area contributed by atoms with Crippen LogP contribution in [0.25, 0.3) is 5.57 Å². The van der Waals surface area contributed by atoms with E-state index < -0.39 is 12.1 Å². The van der Waals surface area contributed by atoms with Crippen LogP contribution in [-0.2, 0) is 9.53 Å². The molecule has 1 aliphatic rings. The first-order valence-electron chi connectivity index (χ1n) is 10.3. The zero-order valence-electron chi connectivity index (χ0n) is 18.2. The van der Waals surface area contributed by atoms with Crippen LogP contribution in [0.3, 0.4) is 0 Å². The normalized spacial score (nSPS) is 14.8. The van der Waals surface area contributed by atoms with Crippen molar-refractivity contribution in [2.45, 2.75) is 32.5 Å². The molecular weight excluding hydrogens is 425 g/mol. The lowest BCUT2D eigenvalue weighted by molar-refractivity contribution is -0.274. The number of nitrogen functional groups attached to an aromatic ring is 1. The van der Waals surface area contributed by atoms with E-state index in [2.05, 4.69) is 27.8 Å². The van der Waals surface area contributed by atoms with Gasteiger partial charge in [-0.25, -0.2) is 4.98 Å². The summed E-state index contributed by atoms with van der Waals surface area (Å²) in [6.45, 7) is 13.1. The van der Waals surface area contributed by atoms with Gasteiger partial charge in [-0.2, -0.15) is 0 Å². The van der Waals surface area contributed by atoms with Crippen LogP contribution in [0.5, 0.6) is 5.75 Å². The predicted molar refractivity (Wildman–Crippen MR) is 116 cm³/mol. The third kappa shape index (κ3) is 7.60. The molecule has 2 N–H and O–H groups in total. The minimum absolute atomic E-state index is 0.226. The molecule has 1 fully saturated rings. The first-order chi connectivity index (χ1) is 15.1. The maximum Gasteiger partial charge on any atom is 0.573 e. The van der Waals surface area contributed by atoms with Crippen LogP contribution >= 0.6 is 0 Å². The Morgan fingerprint density at radius 1 is 1.34 bits per heavy atom. The summed E-state index contributed by atoms with van der Waals surface area (Å²) in [4.78, 5) is 19.1. The van der Waals surface area contributed by atoms with Gasteiger partial charge in [0.25, 0.3) is 0 Å². The summed E-state index contributed by atoms with van der Waals surface area (Å²) in [6.07, 6.45) is 0.659. The van der Waals surface area contributed by atoms with E-state index in [1.165, 1.54) is 12.3 Å². The molecule has 32 heavy (non-hydrogen) atoms. The van der Waals surface area contributed by atoms with Gasteiger partial charge in [-0.3, -0.25) is 4.79 Å². The molecule has 0 radical (unpaired) electrons. The van der Waals surface area contributed by atoms with Gasteiger partial charge in [-0.1, -0.05) is 26.5 Å². The highest BCUT2D eigenvalue weighted by atomic mass is 19.4. The number of nitrogens with two attached hydrogens (primary N) is 1. The van der Waals surface area contributed by atoms with Crippen molar-refractivity contribution in [3.05, 3.63) is 48.6 Å². The molecule has 1 aromatic heterocycles. The van der Waals surface area contributed by atoms with Crippen LogP contribution in [0.2, 0.25) is 0 Å². The number of carbonyl (C=O) groups is 1. The molecule has 1 saturated heterocycles. The van der Waals surface area contributed by atoms with Crippen LogP contribution < -0.4 is 10.5 Å². The molecule has 1 aromatic rings. The molecule has 0 saturated carbocycles. The summed E-state index contributed by atoms with van der Waals surface area (Å²) in [6, 6.07) is 1.20. The first kappa shape index (κ1) is 25.3. The number of carbonyl (C=O) groups excluding carboxylic acids is 1. The van der Waals surface area contributed by atoms with Gasteiger partial charge < -0.3 is 25.0 Å². The number of hydrogen-bond donors (Lipinski definition) is 1. The number of halogens is 3. The Kier molecular flexibility index (Phi) is 9.13. The second kappa shape index (κ2) is 11.6. The molecule has 0 aliphatic carbocycles. The topological polar surface area (TPSA) is 80.9 Å². The minimum atomic E-state index is -4.89. The van der Waals surface area contributed by atoms with Crippen molar-refractivity contribution in [3.8, 4) is 5.75 Å². The van der Waals surface area contributed by atoms with Gasteiger partial charge in [0.2, 0.25) is 0 Å². The standard InChI is InChI=1S/C22H29F3N4O3/c1-4-5-18(19-12-20(21(26)27-13-19)32-22(23,24)25)14-29(17(3)15-30)7-6-16(2)28-8-10-31-11-9-28/h12-15H,2-11H2,1H3,(H2,26,27)/b18-14+. The van der Waals surface area contributed by atoms with E-state index in [1.54, 1.807) is 11.1 Å². The molecule has 1 aliphatic heterocycles. The average molecular weight is 454 g/mol. The van der Waals surface area contributed by atoms with E-state index in [4.69, 9.17) is 10.5 Å². The van der Waals surface area contributed by atoms with E-state index in [0.717, 1.165) is 18.8 Å². The quantitative estimate of drug-likeness (QED) is 0.401. The second-order valence-corrected chi connectivity index (χ2v) is 7.28. The van der Waals surface area contributed by atoms with Gasteiger partial charge in [0.15, 0.2) is 17.9 Å². The minimum Gasteiger partial charge on any atom is -0.402 e. The molecule has 2 rings (SSSR count). The Morgan fingerprint density at radius 2 is 2.03 bits per heavy atom. The molecule has 0 bridgehead atoms. The van der Waals surface area contributed by atoms with Crippen LogP contribution in [0, 0.1) is 0 Å². The first-order valence-corrected chi connectivity index (χ1v) is 10.3. The molecular formula is C22H29F3N4O3. The number of ether oxygens (including phenoxy) is 2. The largest absolute Gasteiger partial charge is 0.573 e. The monoisotopic (exact) mass is 454 g/mol. The SMILES string of the molecule is C=C(C=O)N(/C=C(\CCC)c1cnc(N)c(OC(F)(F)F)c1)CCC(=C)N1CCOCC1. The van der Waals surface area contributed by atoms with Gasteiger partial charge >= 0.3 is 6.36 Å². The Bertz CT molecular complexity index is 849. The van der Waals surface area contributed by atoms with E-state index in [9.17, 15) is 18.0 Å². The number of aromatic nitrogens is 1. The van der Waals surface area contributed by atoms with Gasteiger partial charge in [-0.05, 0) is 18.1 Å². The van der Waals surface area contributed by atoms with Gasteiger partial charge in [0, 0.05) is 49.7 Å². The zero-order chi connectivity index (χ0) is 23.7. The highest BCUT2D eigenvalue weighted by Gasteiger charge is 2.32. The van der Waals surface area contributed by atoms with Crippen molar-refractivity contribution in [2.24, 2.45) is 0 Å². The molecule has 2 heterocycles. The zero-order valence-corrected chi connectivity index (χ0v) is 18.2. The third-order valence-electron chi connectivity index (χ3n) is 4.91. The Hall–Kier alpha value is -3.01. The van der Waals surface area contributed by atoms with E-state index in [-0.39, 0.29) is 11.5 Å². The maximum absolute atomic E-state index is 12.7. The predicted octanol–water partition coefficient (Wildman–Crippen LogP) is 3.95. The van der Waals surface area contributed by atoms with Crippen molar-refractivity contribution in [1.29, 1.82) is 0 Å². The summed E-state index contributed by atoms with van der Waals surface area (Å²) >= 11 is 0. The van der Waals surface area contributed by atoms with Crippen molar-refractivity contribution in [2.75, 3.05) is 38.6 Å². The number of nitrogens with zero attached hydrogens (tertiary/aromatic N) is 3. The Labute approximate surface area is 186 Å². The van der Waals surface area contributed by atoms with Crippen LogP contribution in [-0.4, -0.2) is 60.3 Å². The average Bonchev–Trinajstić information content (AvgIpc) is 2.76. The molecule has 0 spiro atoms. The van der Waals surface area contributed by atoms with Gasteiger partial charge in [0.05, 0.1) is 18.9 Å². The smallest absolute Gasteiger partial charge is 0.402 e. The molecule has 10 heteroatoms. The van der Waals surface area contributed by atoms with Crippen molar-refractivity contribution < 1.29 is 27.4 Å². The molecule has 7 nitrogen and oxygen atoms in total. The number of rotatable bonds is 11. The summed E-state index contributed by atoms with van der Waals surface area (Å²) in [5, 5.41) is 0. The second-order valence-electron chi connectivity index (χ2n) is 7.28. The fraction of sp³-hybridized carbons (Fsp3) is 0.455. The molecule has 0 unspecified atom stereocenters. The van der Waals surface area contributed by atoms with Crippen molar-refractivity contribution >= 4 is 17.7 Å². The van der Waals surface area contributed by atoms with Crippen molar-refractivity contribution in [1.82, 2.24) is 14.8 Å². The highest BCUT2D eigenvalue weighted by Crippen LogP contribution is 2.31. The summed E-state index contributed by atoms with van der Waals surface area (Å²) < 4.78 is 47.4. The van der Waals surface area contributed by atoms with Crippen LogP contribution in [0.15, 0.2) is 43.0 Å². The van der Waals surface area contributed by atoms with E-state index in [1.807, 2.05) is 6.92 Å². The number of pyridine rings is 1. The third-order valence-corrected chi connectivity index (χ3v) is 4.91. The van der Waals surface area contributed by atoms with Gasteiger partial charge in [0.1, 0.15) is 0 Å². The molecule has 0 aromatic carbocycles. The number of allylic oxidation sites excluding steroid dienone is 2. The lowest BCUT2D eigenvalue weighted by atomic mass is 10.0. The summed E-state index contributed by atoms with van der Waals surface area (Å²) in [5.74, 6) is -0.934. The summed E-state index contributed by atoms with van der Waals surface area (Å²) in [5.41, 5.74) is 7.77. The lowest BCUT2D eigenvalue weighted by Crippen LogP contribution is -2.36. The van der Waals surface area contributed by atoms with Crippen LogP contribution in [0.1, 0.15) is 31.7 Å². The van der Waals surface area contributed by atoms with Gasteiger partial charge in [-0.15, -0.1) is 13.2 Å². The Balaban J connectivity index is 2.26. The summed E-state index contributed by atoms with van der Waals surface area (Å²) in [7, 11) is 0. The fourth-order valence-corrected chi connectivity index (χ4v) is 3.22. The number of anilines is 1. The lowest BCUT2D eigenvalue weighted by Gasteiger charge is -2.31. The molecule has 0 atom stereocenters. The number of alkyl halides is 3. The van der Waals surface area contributed by atoms with Crippen LogP contribution in [0.4, 0.5) is 19.0 Å². The fourth-order valence-electron chi connectivity index (χ4n) is 3.22. The van der Waals surface area contributed by atoms with E-state index in [0.29, 0.717) is 56.4 Å². The maximum atomic E-state index is 12.7. The molecule has 0 amide bonds. The highest BCUT2D eigenvalue weighted by molar-refractivity contribution is 5.73.